The fourth-order valence-corrected chi connectivity index (χ4v) is 1.91. The highest BCUT2D eigenvalue weighted by Crippen LogP contribution is 2.14. The topological polar surface area (TPSA) is 132 Å². The second-order valence-electron chi connectivity index (χ2n) is 7.11. The number of rotatable bonds is 16. The van der Waals surface area contributed by atoms with Crippen LogP contribution < -0.4 is 5.32 Å². The molecule has 1 atom stereocenters. The molecule has 0 rings (SSSR count). The van der Waals surface area contributed by atoms with Gasteiger partial charge in [-0.05, 0) is 32.7 Å². The molecule has 0 saturated carbocycles. The van der Waals surface area contributed by atoms with Crippen LogP contribution in [-0.2, 0) is 28.5 Å². The Balaban J connectivity index is 3.48. The van der Waals surface area contributed by atoms with Gasteiger partial charge in [-0.3, -0.25) is 9.59 Å². The molecule has 1 N–H and O–H groups in total. The molecule has 10 heteroatoms. The van der Waals surface area contributed by atoms with Gasteiger partial charge in [0.25, 0.3) is 0 Å². The third kappa shape index (κ3) is 17.5. The first-order valence-electron chi connectivity index (χ1n) is 9.50. The van der Waals surface area contributed by atoms with Crippen molar-refractivity contribution in [2.45, 2.75) is 46.1 Å². The average molecular weight is 402 g/mol. The highest BCUT2D eigenvalue weighted by molar-refractivity contribution is 5.77. The van der Waals surface area contributed by atoms with Gasteiger partial charge in [-0.15, -0.1) is 0 Å². The second-order valence-corrected chi connectivity index (χ2v) is 7.11. The molecule has 0 fully saturated rings. The van der Waals surface area contributed by atoms with Gasteiger partial charge in [0.2, 0.25) is 5.91 Å². The van der Waals surface area contributed by atoms with Crippen molar-refractivity contribution in [1.29, 1.82) is 0 Å². The molecule has 0 bridgehead atoms. The van der Waals surface area contributed by atoms with E-state index >= 15 is 0 Å². The summed E-state index contributed by atoms with van der Waals surface area (Å²) in [5.41, 5.74) is 7.57. The fraction of sp³-hybridized carbons (Fsp3) is 0.889. The monoisotopic (exact) mass is 402 g/mol. The number of hydrogen-bond acceptors (Lipinski definition) is 7. The van der Waals surface area contributed by atoms with Gasteiger partial charge >= 0.3 is 5.97 Å². The minimum Gasteiger partial charge on any atom is -0.460 e. The highest BCUT2D eigenvalue weighted by Gasteiger charge is 2.22. The van der Waals surface area contributed by atoms with Crippen LogP contribution in [0.5, 0.6) is 0 Å². The fourth-order valence-electron chi connectivity index (χ4n) is 1.91. The SMILES string of the molecule is C[C@@H](CCC(=O)NCCOCCOCCOCCN=[N+]=[N-])C(=O)OC(C)(C)C. The highest BCUT2D eigenvalue weighted by atomic mass is 16.6. The van der Waals surface area contributed by atoms with Gasteiger partial charge in [0.15, 0.2) is 0 Å². The lowest BCUT2D eigenvalue weighted by Gasteiger charge is -2.22. The van der Waals surface area contributed by atoms with E-state index in [-0.39, 0.29) is 24.2 Å². The molecule has 1 amide bonds. The number of azide groups is 1. The van der Waals surface area contributed by atoms with Crippen molar-refractivity contribution in [3.63, 3.8) is 0 Å². The van der Waals surface area contributed by atoms with Gasteiger partial charge < -0.3 is 24.3 Å². The number of hydrogen-bond donors (Lipinski definition) is 1. The molecule has 0 aromatic carbocycles. The lowest BCUT2D eigenvalue weighted by Crippen LogP contribution is -2.30. The van der Waals surface area contributed by atoms with Crippen LogP contribution in [0.25, 0.3) is 10.4 Å². The smallest absolute Gasteiger partial charge is 0.309 e. The van der Waals surface area contributed by atoms with E-state index in [2.05, 4.69) is 15.3 Å². The summed E-state index contributed by atoms with van der Waals surface area (Å²) in [6.45, 7) is 10.4. The van der Waals surface area contributed by atoms with Crippen molar-refractivity contribution in [3.05, 3.63) is 10.4 Å². The van der Waals surface area contributed by atoms with Gasteiger partial charge in [0, 0.05) is 24.4 Å². The Hall–Kier alpha value is -1.87. The van der Waals surface area contributed by atoms with E-state index in [0.717, 1.165) is 0 Å². The first kappa shape index (κ1) is 26.1. The average Bonchev–Trinajstić information content (AvgIpc) is 2.62. The van der Waals surface area contributed by atoms with Crippen LogP contribution in [0.3, 0.4) is 0 Å². The lowest BCUT2D eigenvalue weighted by molar-refractivity contribution is -0.159. The minimum atomic E-state index is -0.519. The molecule has 0 aliphatic carbocycles. The molecule has 0 spiro atoms. The summed E-state index contributed by atoms with van der Waals surface area (Å²) in [5.74, 6) is -0.723. The Kier molecular flexibility index (Phi) is 15.0. The van der Waals surface area contributed by atoms with Crippen molar-refractivity contribution in [2.24, 2.45) is 11.0 Å². The van der Waals surface area contributed by atoms with E-state index in [4.69, 9.17) is 24.5 Å². The third-order valence-corrected chi connectivity index (χ3v) is 3.33. The second kappa shape index (κ2) is 16.1. The Bertz CT molecular complexity index is 489. The summed E-state index contributed by atoms with van der Waals surface area (Å²) in [6.07, 6.45) is 0.712. The standard InChI is InChI=1S/C18H34N4O6/c1-15(17(24)28-18(2,3)4)5-6-16(23)20-7-9-25-11-13-27-14-12-26-10-8-21-22-19/h15H,5-14H2,1-4H3,(H,20,23)/t15-/m0/s1. The van der Waals surface area contributed by atoms with Crippen LogP contribution in [0.1, 0.15) is 40.5 Å². The largest absolute Gasteiger partial charge is 0.460 e. The number of nitrogens with one attached hydrogen (secondary N) is 1. The van der Waals surface area contributed by atoms with Crippen LogP contribution in [0, 0.1) is 5.92 Å². The predicted molar refractivity (Wildman–Crippen MR) is 104 cm³/mol. The van der Waals surface area contributed by atoms with Gasteiger partial charge in [0.1, 0.15) is 5.60 Å². The quantitative estimate of drug-likeness (QED) is 0.138. The Morgan fingerprint density at radius 2 is 1.61 bits per heavy atom. The number of nitrogens with zero attached hydrogens (tertiary/aromatic N) is 3. The van der Waals surface area contributed by atoms with E-state index in [9.17, 15) is 9.59 Å². The zero-order valence-corrected chi connectivity index (χ0v) is 17.4. The molecule has 0 radical (unpaired) electrons. The zero-order chi connectivity index (χ0) is 21.3. The molecule has 10 nitrogen and oxygen atoms in total. The first-order chi connectivity index (χ1) is 13.3. The van der Waals surface area contributed by atoms with Crippen molar-refractivity contribution in [3.8, 4) is 0 Å². The Morgan fingerprint density at radius 3 is 2.18 bits per heavy atom. The first-order valence-corrected chi connectivity index (χ1v) is 9.50. The molecule has 0 aliphatic heterocycles. The summed E-state index contributed by atoms with van der Waals surface area (Å²) >= 11 is 0. The maximum atomic E-state index is 11.8. The Morgan fingerprint density at radius 1 is 1.04 bits per heavy atom. The molecule has 0 aromatic rings. The Labute approximate surface area is 166 Å². The van der Waals surface area contributed by atoms with Gasteiger partial charge in [-0.2, -0.15) is 0 Å². The van der Waals surface area contributed by atoms with Crippen LogP contribution in [0.15, 0.2) is 5.11 Å². The van der Waals surface area contributed by atoms with Crippen molar-refractivity contribution >= 4 is 11.9 Å². The van der Waals surface area contributed by atoms with Crippen LogP contribution in [0.4, 0.5) is 0 Å². The number of ether oxygens (including phenoxy) is 4. The molecular weight excluding hydrogens is 368 g/mol. The van der Waals surface area contributed by atoms with Gasteiger partial charge in [-0.25, -0.2) is 0 Å². The van der Waals surface area contributed by atoms with E-state index in [0.29, 0.717) is 59.2 Å². The summed E-state index contributed by atoms with van der Waals surface area (Å²) in [7, 11) is 0. The molecular formula is C18H34N4O6. The predicted octanol–water partition coefficient (Wildman–Crippen LogP) is 2.22. The molecule has 0 aliphatic rings. The maximum absolute atomic E-state index is 11.8. The summed E-state index contributed by atoms with van der Waals surface area (Å²) in [6, 6.07) is 0. The van der Waals surface area contributed by atoms with Gasteiger partial charge in [0.05, 0.1) is 45.6 Å². The van der Waals surface area contributed by atoms with Crippen molar-refractivity contribution in [2.75, 3.05) is 52.7 Å². The lowest BCUT2D eigenvalue weighted by atomic mass is 10.1. The minimum absolute atomic E-state index is 0.117. The maximum Gasteiger partial charge on any atom is 0.309 e. The van der Waals surface area contributed by atoms with E-state index < -0.39 is 5.60 Å². The summed E-state index contributed by atoms with van der Waals surface area (Å²) < 4.78 is 21.1. The number of carbonyl (C=O) groups is 2. The van der Waals surface area contributed by atoms with Crippen molar-refractivity contribution in [1.82, 2.24) is 5.32 Å². The van der Waals surface area contributed by atoms with Crippen LogP contribution in [-0.4, -0.2) is 70.2 Å². The summed E-state index contributed by atoms with van der Waals surface area (Å²) in [4.78, 5) is 26.2. The van der Waals surface area contributed by atoms with Crippen molar-refractivity contribution < 1.29 is 28.5 Å². The van der Waals surface area contributed by atoms with E-state index in [1.165, 1.54) is 0 Å². The molecule has 0 saturated heterocycles. The zero-order valence-electron chi connectivity index (χ0n) is 17.4. The van der Waals surface area contributed by atoms with Gasteiger partial charge in [-0.1, -0.05) is 12.0 Å². The summed E-state index contributed by atoms with van der Waals surface area (Å²) in [5, 5.41) is 6.09. The number of amides is 1. The molecule has 0 heterocycles. The van der Waals surface area contributed by atoms with E-state index in [1.54, 1.807) is 6.92 Å². The van der Waals surface area contributed by atoms with E-state index in [1.807, 2.05) is 20.8 Å². The molecule has 162 valence electrons. The molecule has 28 heavy (non-hydrogen) atoms. The van der Waals surface area contributed by atoms with Crippen LogP contribution >= 0.6 is 0 Å². The molecule has 0 aromatic heterocycles. The number of esters is 1. The van der Waals surface area contributed by atoms with Crippen LogP contribution in [0.2, 0.25) is 0 Å². The normalized spacial score (nSPS) is 12.1. The third-order valence-electron chi connectivity index (χ3n) is 3.33. The molecule has 0 unspecified atom stereocenters. The number of carbonyl (C=O) groups excluding carboxylic acids is 2.